The summed E-state index contributed by atoms with van der Waals surface area (Å²) in [6.07, 6.45) is 0. The molecule has 5 nitrogen and oxygen atoms in total. The molecule has 0 atom stereocenters. The third kappa shape index (κ3) is 3.99. The van der Waals surface area contributed by atoms with Crippen LogP contribution in [0.5, 0.6) is 0 Å². The summed E-state index contributed by atoms with van der Waals surface area (Å²) in [5.74, 6) is -0.245. The molecule has 0 saturated heterocycles. The van der Waals surface area contributed by atoms with E-state index in [0.717, 1.165) is 5.69 Å². The molecule has 1 amide bonds. The molecule has 22 heavy (non-hydrogen) atoms. The van der Waals surface area contributed by atoms with Crippen LogP contribution in [0.4, 0.5) is 11.4 Å². The van der Waals surface area contributed by atoms with E-state index in [1.54, 1.807) is 36.4 Å². The summed E-state index contributed by atoms with van der Waals surface area (Å²) in [4.78, 5) is 11.8. The van der Waals surface area contributed by atoms with Gasteiger partial charge in [-0.25, -0.2) is 0 Å². The molecule has 0 spiro atoms. The van der Waals surface area contributed by atoms with Gasteiger partial charge >= 0.3 is 0 Å². The number of nitriles is 2. The largest absolute Gasteiger partial charge is 0.376 e. The SMILES string of the molecule is N#Cc1ccc(NCC(=O)Nc2ccc(C#N)c(Cl)c2)cc1. The summed E-state index contributed by atoms with van der Waals surface area (Å²) in [6.45, 7) is 0.0729. The number of anilines is 2. The van der Waals surface area contributed by atoms with Gasteiger partial charge in [-0.2, -0.15) is 10.5 Å². The predicted molar refractivity (Wildman–Crippen MR) is 84.4 cm³/mol. The topological polar surface area (TPSA) is 88.7 Å². The van der Waals surface area contributed by atoms with Crippen molar-refractivity contribution < 1.29 is 4.79 Å². The zero-order valence-electron chi connectivity index (χ0n) is 11.4. The molecule has 0 aliphatic rings. The van der Waals surface area contributed by atoms with Crippen molar-refractivity contribution in [3.63, 3.8) is 0 Å². The fraction of sp³-hybridized carbons (Fsp3) is 0.0625. The van der Waals surface area contributed by atoms with Crippen molar-refractivity contribution in [1.29, 1.82) is 10.5 Å². The van der Waals surface area contributed by atoms with Gasteiger partial charge in [-0.3, -0.25) is 4.79 Å². The van der Waals surface area contributed by atoms with E-state index in [1.807, 2.05) is 12.1 Å². The second kappa shape index (κ2) is 7.12. The number of hydrogen-bond donors (Lipinski definition) is 2. The standard InChI is InChI=1S/C16H11ClN4O/c17-15-7-14(6-3-12(15)9-19)21-16(22)10-20-13-4-1-11(8-18)2-5-13/h1-7,20H,10H2,(H,21,22). The summed E-state index contributed by atoms with van der Waals surface area (Å²) < 4.78 is 0. The second-order valence-electron chi connectivity index (χ2n) is 4.40. The average molecular weight is 311 g/mol. The zero-order chi connectivity index (χ0) is 15.9. The van der Waals surface area contributed by atoms with Crippen LogP contribution in [0.25, 0.3) is 0 Å². The Bertz CT molecular complexity index is 772. The first kappa shape index (κ1) is 15.4. The Labute approximate surface area is 132 Å². The van der Waals surface area contributed by atoms with Crippen molar-refractivity contribution in [2.24, 2.45) is 0 Å². The number of hydrogen-bond acceptors (Lipinski definition) is 4. The monoisotopic (exact) mass is 310 g/mol. The number of carbonyl (C=O) groups is 1. The maximum absolute atomic E-state index is 11.8. The lowest BCUT2D eigenvalue weighted by molar-refractivity contribution is -0.114. The molecule has 2 aromatic carbocycles. The maximum Gasteiger partial charge on any atom is 0.243 e. The van der Waals surface area contributed by atoms with E-state index in [1.165, 1.54) is 6.07 Å². The number of nitrogens with one attached hydrogen (secondary N) is 2. The Morgan fingerprint density at radius 1 is 1.05 bits per heavy atom. The maximum atomic E-state index is 11.8. The Morgan fingerprint density at radius 2 is 1.73 bits per heavy atom. The molecule has 6 heteroatoms. The molecule has 0 aliphatic carbocycles. The van der Waals surface area contributed by atoms with Crippen LogP contribution in [0.1, 0.15) is 11.1 Å². The molecular formula is C16H11ClN4O. The molecule has 0 heterocycles. The minimum atomic E-state index is -0.245. The first-order valence-corrected chi connectivity index (χ1v) is 6.73. The smallest absolute Gasteiger partial charge is 0.243 e. The minimum Gasteiger partial charge on any atom is -0.376 e. The van der Waals surface area contributed by atoms with Crippen molar-refractivity contribution in [3.8, 4) is 12.1 Å². The number of benzene rings is 2. The lowest BCUT2D eigenvalue weighted by Gasteiger charge is -2.08. The zero-order valence-corrected chi connectivity index (χ0v) is 12.2. The fourth-order valence-electron chi connectivity index (χ4n) is 1.73. The molecule has 0 saturated carbocycles. The van der Waals surface area contributed by atoms with Crippen LogP contribution in [0.15, 0.2) is 42.5 Å². The van der Waals surface area contributed by atoms with Crippen LogP contribution < -0.4 is 10.6 Å². The third-order valence-corrected chi connectivity index (χ3v) is 3.15. The van der Waals surface area contributed by atoms with Crippen LogP contribution in [0.2, 0.25) is 5.02 Å². The molecular weight excluding hydrogens is 300 g/mol. The first-order chi connectivity index (χ1) is 10.6. The van der Waals surface area contributed by atoms with Crippen LogP contribution >= 0.6 is 11.6 Å². The number of amides is 1. The minimum absolute atomic E-state index is 0.0729. The summed E-state index contributed by atoms with van der Waals surface area (Å²) >= 11 is 5.90. The highest BCUT2D eigenvalue weighted by Crippen LogP contribution is 2.20. The lowest BCUT2D eigenvalue weighted by atomic mass is 10.2. The van der Waals surface area contributed by atoms with E-state index in [-0.39, 0.29) is 12.5 Å². The summed E-state index contributed by atoms with van der Waals surface area (Å²) in [5, 5.41) is 23.4. The molecule has 0 unspecified atom stereocenters. The Hall–Kier alpha value is -3.02. The highest BCUT2D eigenvalue weighted by atomic mass is 35.5. The Morgan fingerprint density at radius 3 is 2.32 bits per heavy atom. The molecule has 2 N–H and O–H groups in total. The Balaban J connectivity index is 1.91. The normalized spacial score (nSPS) is 9.41. The van der Waals surface area contributed by atoms with Gasteiger partial charge in [-0.1, -0.05) is 11.6 Å². The average Bonchev–Trinajstić information content (AvgIpc) is 2.53. The first-order valence-electron chi connectivity index (χ1n) is 6.36. The summed E-state index contributed by atoms with van der Waals surface area (Å²) in [6, 6.07) is 15.5. The van der Waals surface area contributed by atoms with Crippen molar-refractivity contribution in [2.75, 3.05) is 17.2 Å². The lowest BCUT2D eigenvalue weighted by Crippen LogP contribution is -2.21. The number of carbonyl (C=O) groups excluding carboxylic acids is 1. The van der Waals surface area contributed by atoms with Gasteiger partial charge < -0.3 is 10.6 Å². The van der Waals surface area contributed by atoms with E-state index >= 15 is 0 Å². The summed E-state index contributed by atoms with van der Waals surface area (Å²) in [7, 11) is 0. The highest BCUT2D eigenvalue weighted by Gasteiger charge is 2.05. The molecule has 2 rings (SSSR count). The summed E-state index contributed by atoms with van der Waals surface area (Å²) in [5.41, 5.74) is 2.18. The van der Waals surface area contributed by atoms with Crippen molar-refractivity contribution in [1.82, 2.24) is 0 Å². The van der Waals surface area contributed by atoms with Gasteiger partial charge in [-0.05, 0) is 42.5 Å². The molecule has 0 aromatic heterocycles. The van der Waals surface area contributed by atoms with Gasteiger partial charge in [0.05, 0.1) is 28.8 Å². The van der Waals surface area contributed by atoms with E-state index in [0.29, 0.717) is 21.8 Å². The van der Waals surface area contributed by atoms with Gasteiger partial charge in [0, 0.05) is 11.4 Å². The van der Waals surface area contributed by atoms with Gasteiger partial charge in [0.2, 0.25) is 5.91 Å². The van der Waals surface area contributed by atoms with E-state index in [9.17, 15) is 4.79 Å². The molecule has 108 valence electrons. The fourth-order valence-corrected chi connectivity index (χ4v) is 1.96. The number of nitrogens with zero attached hydrogens (tertiary/aromatic N) is 2. The molecule has 0 fully saturated rings. The van der Waals surface area contributed by atoms with Crippen LogP contribution in [-0.4, -0.2) is 12.5 Å². The van der Waals surface area contributed by atoms with E-state index in [4.69, 9.17) is 22.1 Å². The van der Waals surface area contributed by atoms with Crippen molar-refractivity contribution in [2.45, 2.75) is 0 Å². The van der Waals surface area contributed by atoms with Crippen LogP contribution in [0, 0.1) is 22.7 Å². The quantitative estimate of drug-likeness (QED) is 0.908. The second-order valence-corrected chi connectivity index (χ2v) is 4.80. The number of rotatable bonds is 4. The van der Waals surface area contributed by atoms with Crippen LogP contribution in [-0.2, 0) is 4.79 Å². The molecule has 0 bridgehead atoms. The van der Waals surface area contributed by atoms with E-state index in [2.05, 4.69) is 10.6 Å². The Kier molecular flexibility index (Phi) is 4.98. The third-order valence-electron chi connectivity index (χ3n) is 2.84. The van der Waals surface area contributed by atoms with E-state index < -0.39 is 0 Å². The van der Waals surface area contributed by atoms with Gasteiger partial charge in [-0.15, -0.1) is 0 Å². The molecule has 0 aliphatic heterocycles. The van der Waals surface area contributed by atoms with Crippen molar-refractivity contribution >= 4 is 28.9 Å². The predicted octanol–water partition coefficient (Wildman–Crippen LogP) is 3.13. The van der Waals surface area contributed by atoms with Crippen LogP contribution in [0.3, 0.4) is 0 Å². The van der Waals surface area contributed by atoms with Crippen molar-refractivity contribution in [3.05, 3.63) is 58.6 Å². The number of halogens is 1. The molecule has 0 radical (unpaired) electrons. The van der Waals surface area contributed by atoms with Gasteiger partial charge in [0.25, 0.3) is 0 Å². The highest BCUT2D eigenvalue weighted by molar-refractivity contribution is 6.32. The molecule has 2 aromatic rings. The van der Waals surface area contributed by atoms with Gasteiger partial charge in [0.15, 0.2) is 0 Å². The van der Waals surface area contributed by atoms with Gasteiger partial charge in [0.1, 0.15) is 6.07 Å².